The molecule has 1 saturated carbocycles. The van der Waals surface area contributed by atoms with Gasteiger partial charge < -0.3 is 5.73 Å². The molecule has 0 bridgehead atoms. The van der Waals surface area contributed by atoms with Crippen molar-refractivity contribution in [3.8, 4) is 0 Å². The van der Waals surface area contributed by atoms with Crippen molar-refractivity contribution >= 4 is 0 Å². The molecule has 0 amide bonds. The molecule has 0 aromatic heterocycles. The van der Waals surface area contributed by atoms with Crippen LogP contribution in [0.1, 0.15) is 52.4 Å². The number of hydrogen-bond donors (Lipinski definition) is 1. The summed E-state index contributed by atoms with van der Waals surface area (Å²) in [4.78, 5) is 5.31. The van der Waals surface area contributed by atoms with Crippen LogP contribution >= 0.6 is 0 Å². The Morgan fingerprint density at radius 3 is 2.00 bits per heavy atom. The first-order valence-electron chi connectivity index (χ1n) is 7.83. The van der Waals surface area contributed by atoms with Gasteiger partial charge in [-0.25, -0.2) is 0 Å². The van der Waals surface area contributed by atoms with Crippen LogP contribution in [0.4, 0.5) is 0 Å². The van der Waals surface area contributed by atoms with E-state index in [1.807, 2.05) is 0 Å². The standard InChI is InChI=1S/C15H31N3/c1-15(2,13-16)18-11-9-17(10-12-18)14-7-5-3-4-6-8-14/h14H,3-13,16H2,1-2H3. The average Bonchev–Trinajstić information content (AvgIpc) is 2.68. The molecule has 3 heteroatoms. The molecule has 1 heterocycles. The molecule has 2 N–H and O–H groups in total. The Morgan fingerprint density at radius 1 is 0.944 bits per heavy atom. The highest BCUT2D eigenvalue weighted by molar-refractivity contribution is 4.88. The first-order valence-corrected chi connectivity index (χ1v) is 7.83. The fourth-order valence-electron chi connectivity index (χ4n) is 3.44. The maximum absolute atomic E-state index is 5.88. The molecule has 106 valence electrons. The third kappa shape index (κ3) is 3.46. The Morgan fingerprint density at radius 2 is 1.50 bits per heavy atom. The van der Waals surface area contributed by atoms with Crippen LogP contribution in [0.15, 0.2) is 0 Å². The molecule has 1 aliphatic carbocycles. The lowest BCUT2D eigenvalue weighted by atomic mass is 10.0. The summed E-state index contributed by atoms with van der Waals surface area (Å²) < 4.78 is 0. The van der Waals surface area contributed by atoms with Crippen molar-refractivity contribution in [1.82, 2.24) is 9.80 Å². The van der Waals surface area contributed by atoms with Crippen LogP contribution in [0.5, 0.6) is 0 Å². The van der Waals surface area contributed by atoms with E-state index >= 15 is 0 Å². The minimum atomic E-state index is 0.176. The van der Waals surface area contributed by atoms with Gasteiger partial charge >= 0.3 is 0 Å². The Kier molecular flexibility index (Phi) is 5.05. The van der Waals surface area contributed by atoms with Crippen molar-refractivity contribution in [3.05, 3.63) is 0 Å². The molecule has 1 aliphatic heterocycles. The van der Waals surface area contributed by atoms with E-state index in [-0.39, 0.29) is 5.54 Å². The largest absolute Gasteiger partial charge is 0.329 e. The van der Waals surface area contributed by atoms with Gasteiger partial charge in [-0.1, -0.05) is 25.7 Å². The van der Waals surface area contributed by atoms with E-state index in [0.717, 1.165) is 12.6 Å². The first-order chi connectivity index (χ1) is 8.63. The average molecular weight is 253 g/mol. The molecule has 0 aromatic rings. The van der Waals surface area contributed by atoms with E-state index in [4.69, 9.17) is 5.73 Å². The van der Waals surface area contributed by atoms with Crippen molar-refractivity contribution in [2.45, 2.75) is 64.0 Å². The maximum atomic E-state index is 5.88. The SMILES string of the molecule is CC(C)(CN)N1CCN(C2CCCCCC2)CC1. The van der Waals surface area contributed by atoms with Crippen LogP contribution in [0.25, 0.3) is 0 Å². The minimum Gasteiger partial charge on any atom is -0.329 e. The second-order valence-electron chi connectivity index (χ2n) is 6.68. The summed E-state index contributed by atoms with van der Waals surface area (Å²) in [5.41, 5.74) is 6.06. The topological polar surface area (TPSA) is 32.5 Å². The molecule has 0 unspecified atom stereocenters. The zero-order valence-electron chi connectivity index (χ0n) is 12.3. The first kappa shape index (κ1) is 14.3. The Labute approximate surface area is 113 Å². The number of rotatable bonds is 3. The van der Waals surface area contributed by atoms with Crippen molar-refractivity contribution in [2.24, 2.45) is 5.73 Å². The van der Waals surface area contributed by atoms with E-state index < -0.39 is 0 Å². The smallest absolute Gasteiger partial charge is 0.0276 e. The van der Waals surface area contributed by atoms with Gasteiger partial charge in [0.25, 0.3) is 0 Å². The molecule has 2 aliphatic rings. The number of hydrogen-bond acceptors (Lipinski definition) is 3. The summed E-state index contributed by atoms with van der Waals surface area (Å²) in [5, 5.41) is 0. The van der Waals surface area contributed by atoms with Gasteiger partial charge in [0.2, 0.25) is 0 Å². The summed E-state index contributed by atoms with van der Waals surface area (Å²) >= 11 is 0. The van der Waals surface area contributed by atoms with Crippen molar-refractivity contribution in [1.29, 1.82) is 0 Å². The maximum Gasteiger partial charge on any atom is 0.0276 e. The van der Waals surface area contributed by atoms with E-state index in [1.165, 1.54) is 64.7 Å². The second kappa shape index (κ2) is 6.36. The Balaban J connectivity index is 1.82. The molecule has 0 radical (unpaired) electrons. The third-order valence-electron chi connectivity index (χ3n) is 5.01. The molecule has 0 spiro atoms. The third-order valence-corrected chi connectivity index (χ3v) is 5.01. The summed E-state index contributed by atoms with van der Waals surface area (Å²) in [7, 11) is 0. The van der Waals surface area contributed by atoms with Gasteiger partial charge in [0, 0.05) is 44.3 Å². The van der Waals surface area contributed by atoms with Gasteiger partial charge in [-0.05, 0) is 26.7 Å². The van der Waals surface area contributed by atoms with Crippen molar-refractivity contribution in [2.75, 3.05) is 32.7 Å². The van der Waals surface area contributed by atoms with Crippen LogP contribution in [0.2, 0.25) is 0 Å². The molecule has 1 saturated heterocycles. The molecular formula is C15H31N3. The second-order valence-corrected chi connectivity index (χ2v) is 6.68. The van der Waals surface area contributed by atoms with Gasteiger partial charge in [-0.3, -0.25) is 9.80 Å². The lowest BCUT2D eigenvalue weighted by Gasteiger charge is -2.45. The molecule has 2 fully saturated rings. The van der Waals surface area contributed by atoms with E-state index in [9.17, 15) is 0 Å². The summed E-state index contributed by atoms with van der Waals surface area (Å²) in [5.74, 6) is 0. The zero-order chi connectivity index (χ0) is 13.0. The Bertz CT molecular complexity index is 236. The zero-order valence-corrected chi connectivity index (χ0v) is 12.3. The highest BCUT2D eigenvalue weighted by Gasteiger charge is 2.30. The van der Waals surface area contributed by atoms with E-state index in [0.29, 0.717) is 0 Å². The van der Waals surface area contributed by atoms with Crippen molar-refractivity contribution < 1.29 is 0 Å². The number of piperazine rings is 1. The van der Waals surface area contributed by atoms with Gasteiger partial charge in [0.1, 0.15) is 0 Å². The van der Waals surface area contributed by atoms with E-state index in [2.05, 4.69) is 23.6 Å². The number of nitrogens with two attached hydrogens (primary N) is 1. The fourth-order valence-corrected chi connectivity index (χ4v) is 3.44. The minimum absolute atomic E-state index is 0.176. The lowest BCUT2D eigenvalue weighted by molar-refractivity contribution is 0.0344. The monoisotopic (exact) mass is 253 g/mol. The predicted octanol–water partition coefficient (Wildman–Crippen LogP) is 2.06. The summed E-state index contributed by atoms with van der Waals surface area (Å²) in [6, 6.07) is 0.871. The van der Waals surface area contributed by atoms with Gasteiger partial charge in [0.15, 0.2) is 0 Å². The van der Waals surface area contributed by atoms with Crippen LogP contribution < -0.4 is 5.73 Å². The van der Waals surface area contributed by atoms with Crippen LogP contribution in [-0.4, -0.2) is 54.1 Å². The molecule has 2 rings (SSSR count). The van der Waals surface area contributed by atoms with Crippen molar-refractivity contribution in [3.63, 3.8) is 0 Å². The van der Waals surface area contributed by atoms with Gasteiger partial charge in [0.05, 0.1) is 0 Å². The lowest BCUT2D eigenvalue weighted by Crippen LogP contribution is -2.58. The summed E-state index contributed by atoms with van der Waals surface area (Å²) in [6.45, 7) is 10.2. The normalized spacial score (nSPS) is 26.2. The summed E-state index contributed by atoms with van der Waals surface area (Å²) in [6.07, 6.45) is 8.66. The highest BCUT2D eigenvalue weighted by atomic mass is 15.3. The van der Waals surface area contributed by atoms with Crippen LogP contribution in [-0.2, 0) is 0 Å². The molecule has 18 heavy (non-hydrogen) atoms. The predicted molar refractivity (Wildman–Crippen MR) is 77.8 cm³/mol. The quantitative estimate of drug-likeness (QED) is 0.782. The molecule has 3 nitrogen and oxygen atoms in total. The molecule has 0 aromatic carbocycles. The van der Waals surface area contributed by atoms with E-state index in [1.54, 1.807) is 0 Å². The Hall–Kier alpha value is -0.120. The van der Waals surface area contributed by atoms with Crippen LogP contribution in [0, 0.1) is 0 Å². The van der Waals surface area contributed by atoms with Gasteiger partial charge in [-0.15, -0.1) is 0 Å². The van der Waals surface area contributed by atoms with Crippen LogP contribution in [0.3, 0.4) is 0 Å². The molecular weight excluding hydrogens is 222 g/mol. The highest BCUT2D eigenvalue weighted by Crippen LogP contribution is 2.24. The number of nitrogens with zero attached hydrogens (tertiary/aromatic N) is 2. The van der Waals surface area contributed by atoms with Gasteiger partial charge in [-0.2, -0.15) is 0 Å². The fraction of sp³-hybridized carbons (Fsp3) is 1.00. The molecule has 0 atom stereocenters.